The minimum atomic E-state index is 0.424. The third-order valence-corrected chi connectivity index (χ3v) is 2.59. The highest BCUT2D eigenvalue weighted by Gasteiger charge is 2.07. The standard InChI is InChI=1S/C11H8Cl2N2/c12-7-5-9(11(14)15-6-7)8-3-1-2-4-10(8)13/h1-6H,(H2,14,15). The lowest BCUT2D eigenvalue weighted by Gasteiger charge is -2.06. The first-order chi connectivity index (χ1) is 7.18. The van der Waals surface area contributed by atoms with Gasteiger partial charge in [-0.2, -0.15) is 0 Å². The van der Waals surface area contributed by atoms with Crippen LogP contribution in [0.4, 0.5) is 5.82 Å². The van der Waals surface area contributed by atoms with E-state index < -0.39 is 0 Å². The Labute approximate surface area is 97.7 Å². The van der Waals surface area contributed by atoms with Gasteiger partial charge in [-0.05, 0) is 12.1 Å². The molecular formula is C11H8Cl2N2. The number of benzene rings is 1. The molecule has 1 aromatic heterocycles. The predicted octanol–water partition coefficient (Wildman–Crippen LogP) is 3.64. The third kappa shape index (κ3) is 2.06. The number of aromatic nitrogens is 1. The van der Waals surface area contributed by atoms with Crippen molar-refractivity contribution in [3.05, 3.63) is 46.6 Å². The first kappa shape index (κ1) is 10.3. The molecule has 2 aromatic rings. The zero-order valence-corrected chi connectivity index (χ0v) is 9.26. The lowest BCUT2D eigenvalue weighted by Crippen LogP contribution is -1.93. The van der Waals surface area contributed by atoms with Crippen LogP contribution in [0.5, 0.6) is 0 Å². The third-order valence-electron chi connectivity index (χ3n) is 2.05. The van der Waals surface area contributed by atoms with E-state index in [1.807, 2.05) is 18.2 Å². The Morgan fingerprint density at radius 1 is 1.07 bits per heavy atom. The summed E-state index contributed by atoms with van der Waals surface area (Å²) in [7, 11) is 0. The summed E-state index contributed by atoms with van der Waals surface area (Å²) in [5.41, 5.74) is 7.36. The Kier molecular flexibility index (Phi) is 2.80. The highest BCUT2D eigenvalue weighted by Crippen LogP contribution is 2.32. The topological polar surface area (TPSA) is 38.9 Å². The number of nitrogens with zero attached hydrogens (tertiary/aromatic N) is 1. The maximum absolute atomic E-state index is 6.06. The van der Waals surface area contributed by atoms with E-state index in [-0.39, 0.29) is 0 Å². The van der Waals surface area contributed by atoms with Gasteiger partial charge in [0.2, 0.25) is 0 Å². The second-order valence-electron chi connectivity index (χ2n) is 3.07. The van der Waals surface area contributed by atoms with Crippen LogP contribution in [0.15, 0.2) is 36.5 Å². The number of hydrogen-bond donors (Lipinski definition) is 1. The highest BCUT2D eigenvalue weighted by molar-refractivity contribution is 6.34. The molecule has 2 rings (SSSR count). The van der Waals surface area contributed by atoms with Crippen molar-refractivity contribution in [2.45, 2.75) is 0 Å². The van der Waals surface area contributed by atoms with Gasteiger partial charge in [-0.25, -0.2) is 4.98 Å². The van der Waals surface area contributed by atoms with E-state index in [2.05, 4.69) is 4.98 Å². The minimum absolute atomic E-state index is 0.424. The fourth-order valence-electron chi connectivity index (χ4n) is 1.35. The van der Waals surface area contributed by atoms with Gasteiger partial charge in [-0.1, -0.05) is 41.4 Å². The van der Waals surface area contributed by atoms with Gasteiger partial charge in [0.15, 0.2) is 0 Å². The van der Waals surface area contributed by atoms with E-state index in [9.17, 15) is 0 Å². The summed E-state index contributed by atoms with van der Waals surface area (Å²) >= 11 is 11.9. The van der Waals surface area contributed by atoms with E-state index in [1.165, 1.54) is 6.20 Å². The molecule has 1 aromatic carbocycles. The summed E-state index contributed by atoms with van der Waals surface area (Å²) in [6.45, 7) is 0. The van der Waals surface area contributed by atoms with Crippen LogP contribution in [-0.4, -0.2) is 4.98 Å². The molecule has 0 aliphatic heterocycles. The Bertz CT molecular complexity index is 498. The fourth-order valence-corrected chi connectivity index (χ4v) is 1.74. The first-order valence-electron chi connectivity index (χ1n) is 4.34. The van der Waals surface area contributed by atoms with E-state index >= 15 is 0 Å². The smallest absolute Gasteiger partial charge is 0.131 e. The monoisotopic (exact) mass is 238 g/mol. The molecule has 0 aliphatic rings. The van der Waals surface area contributed by atoms with Gasteiger partial charge in [-0.15, -0.1) is 0 Å². The molecule has 0 amide bonds. The van der Waals surface area contributed by atoms with Gasteiger partial charge in [-0.3, -0.25) is 0 Å². The van der Waals surface area contributed by atoms with Gasteiger partial charge < -0.3 is 5.73 Å². The second kappa shape index (κ2) is 4.09. The molecule has 0 bridgehead atoms. The van der Waals surface area contributed by atoms with Crippen molar-refractivity contribution >= 4 is 29.0 Å². The number of pyridine rings is 1. The summed E-state index contributed by atoms with van der Waals surface area (Å²) in [6, 6.07) is 9.19. The van der Waals surface area contributed by atoms with Gasteiger partial charge >= 0.3 is 0 Å². The van der Waals surface area contributed by atoms with Gasteiger partial charge in [0.05, 0.1) is 5.02 Å². The fraction of sp³-hybridized carbons (Fsp3) is 0. The predicted molar refractivity (Wildman–Crippen MR) is 64.1 cm³/mol. The number of nitrogens with two attached hydrogens (primary N) is 1. The van der Waals surface area contributed by atoms with Gasteiger partial charge in [0.25, 0.3) is 0 Å². The Balaban J connectivity index is 2.64. The van der Waals surface area contributed by atoms with Crippen LogP contribution < -0.4 is 5.73 Å². The number of hydrogen-bond acceptors (Lipinski definition) is 2. The van der Waals surface area contributed by atoms with Crippen LogP contribution in [0.3, 0.4) is 0 Å². The van der Waals surface area contributed by atoms with E-state index in [0.29, 0.717) is 15.9 Å². The second-order valence-corrected chi connectivity index (χ2v) is 3.91. The molecule has 15 heavy (non-hydrogen) atoms. The molecule has 0 atom stereocenters. The quantitative estimate of drug-likeness (QED) is 0.825. The summed E-state index contributed by atoms with van der Waals surface area (Å²) in [5.74, 6) is 0.424. The molecule has 0 radical (unpaired) electrons. The Morgan fingerprint density at radius 3 is 2.53 bits per heavy atom. The van der Waals surface area contributed by atoms with Crippen LogP contribution >= 0.6 is 23.2 Å². The lowest BCUT2D eigenvalue weighted by molar-refractivity contribution is 1.34. The zero-order chi connectivity index (χ0) is 10.8. The molecule has 0 saturated carbocycles. The number of nitrogen functional groups attached to an aromatic ring is 1. The van der Waals surface area contributed by atoms with Gasteiger partial charge in [0.1, 0.15) is 5.82 Å². The average molecular weight is 239 g/mol. The van der Waals surface area contributed by atoms with Gasteiger partial charge in [0, 0.05) is 22.3 Å². The van der Waals surface area contributed by atoms with Crippen molar-refractivity contribution in [3.8, 4) is 11.1 Å². The summed E-state index contributed by atoms with van der Waals surface area (Å²) < 4.78 is 0. The average Bonchev–Trinajstić information content (AvgIpc) is 2.23. The SMILES string of the molecule is Nc1ncc(Cl)cc1-c1ccccc1Cl. The molecule has 4 heteroatoms. The van der Waals surface area contributed by atoms with E-state index in [1.54, 1.807) is 12.1 Å². The van der Waals surface area contributed by atoms with Crippen molar-refractivity contribution in [1.29, 1.82) is 0 Å². The summed E-state index contributed by atoms with van der Waals surface area (Å²) in [5, 5.41) is 1.17. The largest absolute Gasteiger partial charge is 0.383 e. The molecule has 0 saturated heterocycles. The van der Waals surface area contributed by atoms with Crippen LogP contribution in [0, 0.1) is 0 Å². The van der Waals surface area contributed by atoms with Crippen molar-refractivity contribution in [2.24, 2.45) is 0 Å². The van der Waals surface area contributed by atoms with Crippen LogP contribution in [0.25, 0.3) is 11.1 Å². The van der Waals surface area contributed by atoms with Crippen molar-refractivity contribution in [3.63, 3.8) is 0 Å². The molecule has 0 aliphatic carbocycles. The van der Waals surface area contributed by atoms with Crippen LogP contribution in [0.1, 0.15) is 0 Å². The van der Waals surface area contributed by atoms with Crippen LogP contribution in [0.2, 0.25) is 10.0 Å². The Hall–Kier alpha value is -1.25. The number of rotatable bonds is 1. The summed E-state index contributed by atoms with van der Waals surface area (Å²) in [4.78, 5) is 3.98. The molecule has 2 N–H and O–H groups in total. The minimum Gasteiger partial charge on any atom is -0.383 e. The molecular weight excluding hydrogens is 231 g/mol. The Morgan fingerprint density at radius 2 is 1.80 bits per heavy atom. The molecule has 1 heterocycles. The molecule has 0 fully saturated rings. The van der Waals surface area contributed by atoms with Crippen molar-refractivity contribution in [2.75, 3.05) is 5.73 Å². The van der Waals surface area contributed by atoms with Crippen molar-refractivity contribution in [1.82, 2.24) is 4.98 Å². The number of halogens is 2. The highest BCUT2D eigenvalue weighted by atomic mass is 35.5. The lowest BCUT2D eigenvalue weighted by atomic mass is 10.1. The molecule has 0 spiro atoms. The maximum atomic E-state index is 6.06. The normalized spacial score (nSPS) is 10.3. The van der Waals surface area contributed by atoms with E-state index in [0.717, 1.165) is 11.1 Å². The number of anilines is 1. The van der Waals surface area contributed by atoms with Crippen LogP contribution in [-0.2, 0) is 0 Å². The molecule has 2 nitrogen and oxygen atoms in total. The maximum Gasteiger partial charge on any atom is 0.131 e. The summed E-state index contributed by atoms with van der Waals surface area (Å²) in [6.07, 6.45) is 1.51. The zero-order valence-electron chi connectivity index (χ0n) is 7.74. The molecule has 0 unspecified atom stereocenters. The van der Waals surface area contributed by atoms with E-state index in [4.69, 9.17) is 28.9 Å². The molecule has 76 valence electrons. The first-order valence-corrected chi connectivity index (χ1v) is 5.10. The van der Waals surface area contributed by atoms with Crippen molar-refractivity contribution < 1.29 is 0 Å².